The summed E-state index contributed by atoms with van der Waals surface area (Å²) >= 11 is 0. The Hall–Kier alpha value is -0.340. The largest absolute Gasteiger partial charge is 0.389 e. The van der Waals surface area contributed by atoms with Crippen LogP contribution >= 0.6 is 0 Å². The molecule has 2 heteroatoms. The summed E-state index contributed by atoms with van der Waals surface area (Å²) in [4.78, 5) is 2.02. The van der Waals surface area contributed by atoms with E-state index in [0.29, 0.717) is 6.54 Å². The zero-order valence-corrected chi connectivity index (χ0v) is 7.09. The van der Waals surface area contributed by atoms with Gasteiger partial charge in [-0.1, -0.05) is 6.08 Å². The van der Waals surface area contributed by atoms with Gasteiger partial charge >= 0.3 is 0 Å². The van der Waals surface area contributed by atoms with Crippen LogP contribution in [0.25, 0.3) is 0 Å². The van der Waals surface area contributed by atoms with Gasteiger partial charge in [-0.25, -0.2) is 0 Å². The summed E-state index contributed by atoms with van der Waals surface area (Å²) in [5, 5.41) is 9.34. The summed E-state index contributed by atoms with van der Waals surface area (Å²) in [5.74, 6) is 0. The molecule has 0 aromatic heterocycles. The highest BCUT2D eigenvalue weighted by molar-refractivity contribution is 4.76. The van der Waals surface area contributed by atoms with Gasteiger partial charge in [0.05, 0.1) is 5.60 Å². The van der Waals surface area contributed by atoms with Crippen LogP contribution in [0.3, 0.4) is 0 Å². The van der Waals surface area contributed by atoms with E-state index in [0.717, 1.165) is 6.54 Å². The quantitative estimate of drug-likeness (QED) is 0.590. The van der Waals surface area contributed by atoms with Crippen molar-refractivity contribution >= 4 is 0 Å². The van der Waals surface area contributed by atoms with Crippen LogP contribution in [0, 0.1) is 0 Å². The first-order chi connectivity index (χ1) is 4.45. The van der Waals surface area contributed by atoms with E-state index in [2.05, 4.69) is 6.58 Å². The van der Waals surface area contributed by atoms with E-state index in [4.69, 9.17) is 0 Å². The Morgan fingerprint density at radius 3 is 2.40 bits per heavy atom. The fourth-order valence-corrected chi connectivity index (χ4v) is 0.945. The van der Waals surface area contributed by atoms with Gasteiger partial charge in [0.1, 0.15) is 0 Å². The molecule has 0 spiro atoms. The predicted octanol–water partition coefficient (Wildman–Crippen LogP) is 0.875. The van der Waals surface area contributed by atoms with Crippen molar-refractivity contribution in [3.05, 3.63) is 12.7 Å². The molecule has 0 unspecified atom stereocenters. The van der Waals surface area contributed by atoms with Crippen LogP contribution in [0.4, 0.5) is 0 Å². The van der Waals surface area contributed by atoms with Gasteiger partial charge < -0.3 is 5.11 Å². The summed E-state index contributed by atoms with van der Waals surface area (Å²) < 4.78 is 0. The lowest BCUT2D eigenvalue weighted by atomic mass is 10.1. The number of hydrogen-bond acceptors (Lipinski definition) is 2. The normalized spacial score (nSPS) is 12.1. The minimum absolute atomic E-state index is 0.599. The van der Waals surface area contributed by atoms with E-state index in [1.807, 2.05) is 18.0 Å². The van der Waals surface area contributed by atoms with Crippen molar-refractivity contribution in [1.29, 1.82) is 0 Å². The van der Waals surface area contributed by atoms with Crippen LogP contribution in [0.1, 0.15) is 13.8 Å². The van der Waals surface area contributed by atoms with Gasteiger partial charge in [0.15, 0.2) is 0 Å². The molecule has 0 aromatic carbocycles. The first kappa shape index (κ1) is 9.66. The summed E-state index contributed by atoms with van der Waals surface area (Å²) in [5.41, 5.74) is -0.599. The number of aliphatic hydroxyl groups is 1. The molecule has 0 aliphatic carbocycles. The smallest absolute Gasteiger partial charge is 0.0718 e. The van der Waals surface area contributed by atoms with E-state index >= 15 is 0 Å². The molecule has 0 aromatic rings. The molecular weight excluding hydrogens is 126 g/mol. The van der Waals surface area contributed by atoms with Crippen molar-refractivity contribution in [3.8, 4) is 0 Å². The van der Waals surface area contributed by atoms with Crippen LogP contribution in [0.5, 0.6) is 0 Å². The Bertz CT molecular complexity index is 104. The first-order valence-corrected chi connectivity index (χ1v) is 3.47. The second kappa shape index (κ2) is 3.74. The fraction of sp³-hybridized carbons (Fsp3) is 0.750. The fourth-order valence-electron chi connectivity index (χ4n) is 0.945. The average molecular weight is 143 g/mol. The Balaban J connectivity index is 3.56. The van der Waals surface area contributed by atoms with Crippen molar-refractivity contribution in [2.75, 3.05) is 20.1 Å². The van der Waals surface area contributed by atoms with Crippen LogP contribution < -0.4 is 0 Å². The van der Waals surface area contributed by atoms with Crippen LogP contribution in [-0.2, 0) is 0 Å². The van der Waals surface area contributed by atoms with Gasteiger partial charge in [0.2, 0.25) is 0 Å². The van der Waals surface area contributed by atoms with Gasteiger partial charge in [-0.15, -0.1) is 6.58 Å². The monoisotopic (exact) mass is 143 g/mol. The van der Waals surface area contributed by atoms with Crippen LogP contribution in [0.2, 0.25) is 0 Å². The summed E-state index contributed by atoms with van der Waals surface area (Å²) in [6, 6.07) is 0. The maximum atomic E-state index is 9.34. The zero-order chi connectivity index (χ0) is 8.20. The molecule has 10 heavy (non-hydrogen) atoms. The minimum atomic E-state index is -0.599. The van der Waals surface area contributed by atoms with Crippen molar-refractivity contribution in [2.45, 2.75) is 19.4 Å². The van der Waals surface area contributed by atoms with E-state index in [1.165, 1.54) is 0 Å². The zero-order valence-electron chi connectivity index (χ0n) is 7.09. The van der Waals surface area contributed by atoms with Crippen molar-refractivity contribution in [2.24, 2.45) is 0 Å². The summed E-state index contributed by atoms with van der Waals surface area (Å²) in [6.45, 7) is 8.71. The molecule has 60 valence electrons. The lowest BCUT2D eigenvalue weighted by Gasteiger charge is -2.24. The highest BCUT2D eigenvalue weighted by Crippen LogP contribution is 2.01. The maximum absolute atomic E-state index is 9.34. The van der Waals surface area contributed by atoms with E-state index < -0.39 is 5.60 Å². The summed E-state index contributed by atoms with van der Waals surface area (Å²) in [7, 11) is 1.96. The van der Waals surface area contributed by atoms with Gasteiger partial charge in [-0.3, -0.25) is 4.90 Å². The third-order valence-corrected chi connectivity index (χ3v) is 1.10. The second-order valence-electron chi connectivity index (χ2n) is 3.30. The number of likely N-dealkylation sites (N-methyl/N-ethyl adjacent to an activating group) is 1. The van der Waals surface area contributed by atoms with Gasteiger partial charge in [-0.05, 0) is 20.9 Å². The lowest BCUT2D eigenvalue weighted by molar-refractivity contribution is 0.0479. The van der Waals surface area contributed by atoms with Crippen molar-refractivity contribution < 1.29 is 5.11 Å². The minimum Gasteiger partial charge on any atom is -0.389 e. The molecule has 0 amide bonds. The molecule has 0 atom stereocenters. The molecule has 0 aliphatic rings. The van der Waals surface area contributed by atoms with Gasteiger partial charge in [0, 0.05) is 13.1 Å². The number of hydrogen-bond donors (Lipinski definition) is 1. The predicted molar refractivity (Wildman–Crippen MR) is 44.0 cm³/mol. The Labute approximate surface area is 63.2 Å². The van der Waals surface area contributed by atoms with Crippen molar-refractivity contribution in [1.82, 2.24) is 4.90 Å². The molecule has 2 nitrogen and oxygen atoms in total. The molecule has 0 rings (SSSR count). The van der Waals surface area contributed by atoms with Crippen LogP contribution in [0.15, 0.2) is 12.7 Å². The maximum Gasteiger partial charge on any atom is 0.0718 e. The number of nitrogens with zero attached hydrogens (tertiary/aromatic N) is 1. The molecule has 0 aliphatic heterocycles. The van der Waals surface area contributed by atoms with E-state index in [9.17, 15) is 5.11 Å². The third kappa shape index (κ3) is 5.79. The van der Waals surface area contributed by atoms with Crippen LogP contribution in [-0.4, -0.2) is 35.7 Å². The van der Waals surface area contributed by atoms with Gasteiger partial charge in [0.25, 0.3) is 0 Å². The lowest BCUT2D eigenvalue weighted by Crippen LogP contribution is -2.36. The van der Waals surface area contributed by atoms with Gasteiger partial charge in [-0.2, -0.15) is 0 Å². The highest BCUT2D eigenvalue weighted by atomic mass is 16.3. The molecule has 1 N–H and O–H groups in total. The molecule has 0 heterocycles. The highest BCUT2D eigenvalue weighted by Gasteiger charge is 2.13. The second-order valence-corrected chi connectivity index (χ2v) is 3.30. The van der Waals surface area contributed by atoms with E-state index in [1.54, 1.807) is 13.8 Å². The van der Waals surface area contributed by atoms with E-state index in [-0.39, 0.29) is 0 Å². The molecule has 0 bridgehead atoms. The SMILES string of the molecule is C=CCN(C)CC(C)(C)O. The third-order valence-electron chi connectivity index (χ3n) is 1.10. The molecule has 0 radical (unpaired) electrons. The Morgan fingerprint density at radius 2 is 2.10 bits per heavy atom. The van der Waals surface area contributed by atoms with Crippen molar-refractivity contribution in [3.63, 3.8) is 0 Å². The molecule has 0 saturated carbocycles. The molecule has 0 fully saturated rings. The topological polar surface area (TPSA) is 23.5 Å². The average Bonchev–Trinajstić information content (AvgIpc) is 1.59. The summed E-state index contributed by atoms with van der Waals surface area (Å²) in [6.07, 6.45) is 1.83. The molecule has 0 saturated heterocycles. The standard InChI is InChI=1S/C8H17NO/c1-5-6-9(4)7-8(2,3)10/h5,10H,1,6-7H2,2-4H3. The first-order valence-electron chi connectivity index (χ1n) is 3.47. The Kier molecular flexibility index (Phi) is 3.61. The molecular formula is C8H17NO. The number of rotatable bonds is 4. The Morgan fingerprint density at radius 1 is 1.60 bits per heavy atom.